The molecule has 0 aromatic heterocycles. The lowest BCUT2D eigenvalue weighted by atomic mass is 9.98. The van der Waals surface area contributed by atoms with Crippen molar-refractivity contribution in [2.24, 2.45) is 10.9 Å². The summed E-state index contributed by atoms with van der Waals surface area (Å²) in [4.78, 5) is 13.8. The Balaban J connectivity index is 2.64. The average Bonchev–Trinajstić information content (AvgIpc) is 2.38. The van der Waals surface area contributed by atoms with Crippen molar-refractivity contribution >= 4 is 11.9 Å². The van der Waals surface area contributed by atoms with Crippen LogP contribution in [0.3, 0.4) is 0 Å². The second-order valence-corrected chi connectivity index (χ2v) is 4.65. The third-order valence-electron chi connectivity index (χ3n) is 3.41. The number of nitrogens with zero attached hydrogens (tertiary/aromatic N) is 2. The largest absolute Gasteiger partial charge is 0.409 e. The van der Waals surface area contributed by atoms with Gasteiger partial charge in [0.05, 0.1) is 5.54 Å². The molecule has 1 aliphatic rings. The molecule has 1 aliphatic heterocycles. The quantitative estimate of drug-likeness (QED) is 0.299. The minimum Gasteiger partial charge on any atom is -0.409 e. The number of nitrogens with two attached hydrogens (primary N) is 1. The molecule has 0 saturated carbocycles. The molecular formula is C11H22N4O2. The molecule has 6 nitrogen and oxygen atoms in total. The van der Waals surface area contributed by atoms with Crippen molar-refractivity contribution in [3.05, 3.63) is 0 Å². The highest BCUT2D eigenvalue weighted by atomic mass is 16.4. The highest BCUT2D eigenvalue weighted by Crippen LogP contribution is 2.13. The summed E-state index contributed by atoms with van der Waals surface area (Å²) in [6.07, 6.45) is 3.83. The van der Waals surface area contributed by atoms with Crippen LogP contribution in [0, 0.1) is 0 Å². The molecule has 1 atom stereocenters. The summed E-state index contributed by atoms with van der Waals surface area (Å²) >= 11 is 0. The summed E-state index contributed by atoms with van der Waals surface area (Å²) in [6, 6.07) is -0.138. The maximum Gasteiger partial charge on any atom is 0.318 e. The third-order valence-corrected chi connectivity index (χ3v) is 3.41. The highest BCUT2D eigenvalue weighted by Gasteiger charge is 2.31. The summed E-state index contributed by atoms with van der Waals surface area (Å²) in [6.45, 7) is 5.20. The number of hydrogen-bond acceptors (Lipinski definition) is 3. The number of rotatable bonds is 3. The van der Waals surface area contributed by atoms with Gasteiger partial charge < -0.3 is 21.2 Å². The Morgan fingerprint density at radius 3 is 2.53 bits per heavy atom. The van der Waals surface area contributed by atoms with Crippen LogP contribution >= 0.6 is 0 Å². The molecule has 0 bridgehead atoms. The zero-order chi connectivity index (χ0) is 12.9. The molecule has 0 aromatic rings. The van der Waals surface area contributed by atoms with E-state index in [1.165, 1.54) is 6.42 Å². The van der Waals surface area contributed by atoms with E-state index in [-0.39, 0.29) is 11.9 Å². The lowest BCUT2D eigenvalue weighted by molar-refractivity contribution is 0.179. The second kappa shape index (κ2) is 5.75. The van der Waals surface area contributed by atoms with Crippen molar-refractivity contribution in [1.29, 1.82) is 0 Å². The van der Waals surface area contributed by atoms with E-state index >= 15 is 0 Å². The average molecular weight is 242 g/mol. The highest BCUT2D eigenvalue weighted by molar-refractivity contribution is 5.93. The van der Waals surface area contributed by atoms with Crippen molar-refractivity contribution in [2.45, 2.75) is 45.1 Å². The molecule has 17 heavy (non-hydrogen) atoms. The Morgan fingerprint density at radius 2 is 2.06 bits per heavy atom. The summed E-state index contributed by atoms with van der Waals surface area (Å²) in [7, 11) is 0. The van der Waals surface area contributed by atoms with E-state index < -0.39 is 5.54 Å². The monoisotopic (exact) mass is 242 g/mol. The fraction of sp³-hybridized carbons (Fsp3) is 0.818. The maximum absolute atomic E-state index is 12.0. The number of piperidine rings is 1. The van der Waals surface area contributed by atoms with Crippen molar-refractivity contribution < 1.29 is 10.0 Å². The van der Waals surface area contributed by atoms with Crippen LogP contribution in [0.1, 0.15) is 39.5 Å². The number of oxime groups is 1. The van der Waals surface area contributed by atoms with Crippen LogP contribution in [0.4, 0.5) is 4.79 Å². The van der Waals surface area contributed by atoms with Gasteiger partial charge in [-0.1, -0.05) is 12.1 Å². The van der Waals surface area contributed by atoms with E-state index in [0.717, 1.165) is 25.9 Å². The van der Waals surface area contributed by atoms with Crippen LogP contribution < -0.4 is 11.1 Å². The first-order chi connectivity index (χ1) is 8.03. The fourth-order valence-corrected chi connectivity index (χ4v) is 1.86. The zero-order valence-corrected chi connectivity index (χ0v) is 10.6. The number of amidine groups is 1. The molecule has 1 heterocycles. The normalized spacial score (nSPS) is 20.8. The number of carbonyl (C=O) groups is 1. The van der Waals surface area contributed by atoms with E-state index in [4.69, 9.17) is 10.9 Å². The molecule has 6 heteroatoms. The number of urea groups is 1. The number of hydrogen-bond donors (Lipinski definition) is 3. The van der Waals surface area contributed by atoms with Crippen LogP contribution in [0.25, 0.3) is 0 Å². The number of carbonyl (C=O) groups excluding carboxylic acids is 1. The van der Waals surface area contributed by atoms with Crippen molar-refractivity contribution in [3.8, 4) is 0 Å². The molecule has 4 N–H and O–H groups in total. The van der Waals surface area contributed by atoms with E-state index in [2.05, 4.69) is 10.5 Å². The first-order valence-electron chi connectivity index (χ1n) is 6.08. The van der Waals surface area contributed by atoms with Crippen molar-refractivity contribution in [2.75, 3.05) is 13.1 Å². The number of likely N-dealkylation sites (tertiary alicyclic amines) is 1. The van der Waals surface area contributed by atoms with Crippen LogP contribution in [-0.4, -0.2) is 40.6 Å². The predicted octanol–water partition coefficient (Wildman–Crippen LogP) is 1.10. The van der Waals surface area contributed by atoms with Crippen molar-refractivity contribution in [3.63, 3.8) is 0 Å². The standard InChI is InChI=1S/C11H22N4O2/c1-3-11(2,9(12)14-17)13-10(16)15-7-5-4-6-8-15/h17H,3-8H2,1-2H3,(H2,12,14)(H,13,16). The van der Waals surface area contributed by atoms with Gasteiger partial charge in [0.1, 0.15) is 0 Å². The molecule has 1 rings (SSSR count). The van der Waals surface area contributed by atoms with E-state index in [1.807, 2.05) is 6.92 Å². The molecule has 0 spiro atoms. The smallest absolute Gasteiger partial charge is 0.318 e. The van der Waals surface area contributed by atoms with Gasteiger partial charge in [0.15, 0.2) is 5.84 Å². The minimum atomic E-state index is -0.788. The summed E-state index contributed by atoms with van der Waals surface area (Å²) in [5, 5.41) is 14.5. The first kappa shape index (κ1) is 13.6. The predicted molar refractivity (Wildman–Crippen MR) is 66.1 cm³/mol. The molecule has 0 aromatic carbocycles. The minimum absolute atomic E-state index is 0.0327. The van der Waals surface area contributed by atoms with E-state index in [1.54, 1.807) is 11.8 Å². The SMILES string of the molecule is CCC(C)(NC(=O)N1CCCCC1)C(N)=NO. The molecule has 1 unspecified atom stereocenters. The Labute approximate surface area is 102 Å². The Kier molecular flexibility index (Phi) is 4.60. The van der Waals surface area contributed by atoms with Gasteiger partial charge in [-0.05, 0) is 32.6 Å². The zero-order valence-electron chi connectivity index (χ0n) is 10.6. The number of amides is 2. The van der Waals surface area contributed by atoms with Gasteiger partial charge in [-0.15, -0.1) is 0 Å². The number of nitrogens with one attached hydrogen (secondary N) is 1. The Bertz CT molecular complexity index is 300. The fourth-order valence-electron chi connectivity index (χ4n) is 1.86. The molecular weight excluding hydrogens is 220 g/mol. The van der Waals surface area contributed by atoms with Gasteiger partial charge in [-0.2, -0.15) is 0 Å². The molecule has 2 amide bonds. The van der Waals surface area contributed by atoms with Gasteiger partial charge in [0, 0.05) is 13.1 Å². The van der Waals surface area contributed by atoms with Gasteiger partial charge in [-0.25, -0.2) is 4.79 Å². The summed E-state index contributed by atoms with van der Waals surface area (Å²) < 4.78 is 0. The van der Waals surface area contributed by atoms with Gasteiger partial charge in [-0.3, -0.25) is 0 Å². The third kappa shape index (κ3) is 3.25. The molecule has 1 saturated heterocycles. The van der Waals surface area contributed by atoms with Gasteiger partial charge in [0.25, 0.3) is 0 Å². The second-order valence-electron chi connectivity index (χ2n) is 4.65. The maximum atomic E-state index is 12.0. The van der Waals surface area contributed by atoms with Crippen LogP contribution in [-0.2, 0) is 0 Å². The Morgan fingerprint density at radius 1 is 1.47 bits per heavy atom. The van der Waals surface area contributed by atoms with Crippen molar-refractivity contribution in [1.82, 2.24) is 10.2 Å². The van der Waals surface area contributed by atoms with E-state index in [9.17, 15) is 4.79 Å². The van der Waals surface area contributed by atoms with Crippen LogP contribution in [0.5, 0.6) is 0 Å². The lowest BCUT2D eigenvalue weighted by Crippen LogP contribution is -2.58. The first-order valence-corrected chi connectivity index (χ1v) is 6.08. The topological polar surface area (TPSA) is 91.0 Å². The molecule has 0 radical (unpaired) electrons. The van der Waals surface area contributed by atoms with Crippen LogP contribution in [0.15, 0.2) is 5.16 Å². The lowest BCUT2D eigenvalue weighted by Gasteiger charge is -2.33. The van der Waals surface area contributed by atoms with Gasteiger partial charge >= 0.3 is 6.03 Å². The summed E-state index contributed by atoms with van der Waals surface area (Å²) in [5.41, 5.74) is 4.82. The molecule has 0 aliphatic carbocycles. The molecule has 1 fully saturated rings. The van der Waals surface area contributed by atoms with Gasteiger partial charge in [0.2, 0.25) is 0 Å². The molecule has 98 valence electrons. The Hall–Kier alpha value is -1.46. The van der Waals surface area contributed by atoms with E-state index in [0.29, 0.717) is 6.42 Å². The summed E-state index contributed by atoms with van der Waals surface area (Å²) in [5.74, 6) is 0.0327. The van der Waals surface area contributed by atoms with Crippen LogP contribution in [0.2, 0.25) is 0 Å².